The van der Waals surface area contributed by atoms with E-state index in [-0.39, 0.29) is 6.42 Å². The Morgan fingerprint density at radius 1 is 1.14 bits per heavy atom. The van der Waals surface area contributed by atoms with E-state index in [2.05, 4.69) is 13.1 Å². The second kappa shape index (κ2) is 6.66. The summed E-state index contributed by atoms with van der Waals surface area (Å²) in [7, 11) is -16.5. The second-order valence-electron chi connectivity index (χ2n) is 4.39. The Balaban J connectivity index is 2.67. The van der Waals surface area contributed by atoms with Crippen molar-refractivity contribution in [1.29, 1.82) is 0 Å². The van der Waals surface area contributed by atoms with Crippen molar-refractivity contribution >= 4 is 23.5 Å². The van der Waals surface area contributed by atoms with E-state index >= 15 is 0 Å². The zero-order valence-corrected chi connectivity index (χ0v) is 13.6. The lowest BCUT2D eigenvalue weighted by molar-refractivity contribution is -0.240. The molecule has 1 fully saturated rings. The van der Waals surface area contributed by atoms with Crippen LogP contribution in [0.5, 0.6) is 0 Å². The van der Waals surface area contributed by atoms with Gasteiger partial charge in [0.05, 0.1) is 6.10 Å². The predicted octanol–water partition coefficient (Wildman–Crippen LogP) is -0.812. The molecule has 0 spiro atoms. The van der Waals surface area contributed by atoms with Gasteiger partial charge in [0, 0.05) is 6.42 Å². The first-order valence-electron chi connectivity index (χ1n) is 5.51. The minimum Gasteiger partial charge on any atom is -0.387 e. The van der Waals surface area contributed by atoms with E-state index in [9.17, 15) is 28.8 Å². The number of aliphatic hydroxyl groups excluding tert-OH is 1. The lowest BCUT2D eigenvalue weighted by Crippen LogP contribution is -2.43. The highest BCUT2D eigenvalue weighted by Gasteiger charge is 2.48. The van der Waals surface area contributed by atoms with Gasteiger partial charge in [-0.05, 0) is 6.92 Å². The monoisotopic (exact) mass is 388 g/mol. The van der Waals surface area contributed by atoms with Crippen molar-refractivity contribution in [3.05, 3.63) is 0 Å². The molecule has 1 aliphatic rings. The fourth-order valence-electron chi connectivity index (χ4n) is 1.58. The first-order chi connectivity index (χ1) is 9.64. The summed E-state index contributed by atoms with van der Waals surface area (Å²) in [6, 6.07) is 0. The van der Waals surface area contributed by atoms with Crippen LogP contribution in [0.3, 0.4) is 0 Å². The summed E-state index contributed by atoms with van der Waals surface area (Å²) in [6.07, 6.45) is -2.06. The van der Waals surface area contributed by atoms with E-state index < -0.39 is 48.1 Å². The normalized spacial score (nSPS) is 35.0. The van der Waals surface area contributed by atoms with E-state index in [0.29, 0.717) is 0 Å². The van der Waals surface area contributed by atoms with E-state index in [1.807, 2.05) is 0 Å². The third-order valence-electron chi connectivity index (χ3n) is 2.33. The molecule has 1 rings (SSSR count). The predicted molar refractivity (Wildman–Crippen MR) is 65.9 cm³/mol. The van der Waals surface area contributed by atoms with E-state index in [1.165, 1.54) is 6.92 Å². The highest BCUT2D eigenvalue weighted by Crippen LogP contribution is 2.66. The molecule has 0 aromatic rings. The maximum absolute atomic E-state index is 11.4. The van der Waals surface area contributed by atoms with Gasteiger partial charge in [-0.15, -0.1) is 0 Å². The maximum atomic E-state index is 11.4. The van der Waals surface area contributed by atoms with Gasteiger partial charge >= 0.3 is 23.5 Å². The molecule has 1 aliphatic heterocycles. The number of ether oxygens (including phenoxy) is 1. The van der Waals surface area contributed by atoms with Crippen LogP contribution in [0, 0.1) is 0 Å². The molecule has 13 nitrogen and oxygen atoms in total. The maximum Gasteiger partial charge on any atom is 0.490 e. The van der Waals surface area contributed by atoms with Crippen molar-refractivity contribution < 1.29 is 61.4 Å². The molecule has 0 aromatic carbocycles. The third-order valence-corrected chi connectivity index (χ3v) is 6.11. The molecular formula is C6H15O13P3. The smallest absolute Gasteiger partial charge is 0.387 e. The van der Waals surface area contributed by atoms with Crippen LogP contribution in [0.2, 0.25) is 0 Å². The Bertz CT molecular complexity index is 542. The summed E-state index contributed by atoms with van der Waals surface area (Å²) in [5.41, 5.74) is 0. The molecule has 6 N–H and O–H groups in total. The van der Waals surface area contributed by atoms with Crippen LogP contribution in [0.4, 0.5) is 0 Å². The van der Waals surface area contributed by atoms with E-state index in [4.69, 9.17) is 19.4 Å². The van der Waals surface area contributed by atoms with Crippen LogP contribution in [0.15, 0.2) is 0 Å². The Hall–Kier alpha value is 0.290. The van der Waals surface area contributed by atoms with Crippen LogP contribution in [-0.4, -0.2) is 54.4 Å². The summed E-state index contributed by atoms with van der Waals surface area (Å²) < 4.78 is 48.8. The Kier molecular flexibility index (Phi) is 6.15. The van der Waals surface area contributed by atoms with Crippen molar-refractivity contribution in [3.8, 4) is 0 Å². The highest BCUT2D eigenvalue weighted by atomic mass is 31.3. The summed E-state index contributed by atoms with van der Waals surface area (Å²) in [4.78, 5) is 34.7. The fourth-order valence-corrected chi connectivity index (χ4v) is 4.62. The molecule has 1 saturated heterocycles. The summed E-state index contributed by atoms with van der Waals surface area (Å²) in [6.45, 7) is 0.369. The van der Waals surface area contributed by atoms with Crippen LogP contribution >= 0.6 is 23.5 Å². The Morgan fingerprint density at radius 3 is 2.09 bits per heavy atom. The Morgan fingerprint density at radius 2 is 1.68 bits per heavy atom. The van der Waals surface area contributed by atoms with Crippen molar-refractivity contribution in [3.63, 3.8) is 0 Å². The molecule has 0 aliphatic carbocycles. The van der Waals surface area contributed by atoms with Crippen molar-refractivity contribution in [1.82, 2.24) is 0 Å². The standard InChI is InChI=1S/C6H15O13P3/c1-4-2-5(7)6(8,17-4)3-16-21(12,13)19-22(14,15)18-20(9,10)11/h4-5,7-8H,2-3H2,1H3,(H,12,13)(H,14,15)(H2,9,10,11)/t4-,5?,6-/m0/s1. The van der Waals surface area contributed by atoms with E-state index in [1.54, 1.807) is 0 Å². The molecule has 0 saturated carbocycles. The van der Waals surface area contributed by atoms with Gasteiger partial charge in [-0.2, -0.15) is 8.62 Å². The number of phosphoric ester groups is 1. The Labute approximate surface area is 123 Å². The van der Waals surface area contributed by atoms with Gasteiger partial charge in [0.15, 0.2) is 0 Å². The van der Waals surface area contributed by atoms with Gasteiger partial charge < -0.3 is 34.5 Å². The topological polar surface area (TPSA) is 210 Å². The quantitative estimate of drug-likeness (QED) is 0.295. The zero-order valence-electron chi connectivity index (χ0n) is 11.0. The van der Waals surface area contributed by atoms with E-state index in [0.717, 1.165) is 0 Å². The minimum absolute atomic E-state index is 0.00371. The average molecular weight is 388 g/mol. The molecule has 0 bridgehead atoms. The molecule has 0 radical (unpaired) electrons. The minimum atomic E-state index is -5.63. The molecule has 1 heterocycles. The van der Waals surface area contributed by atoms with Gasteiger partial charge in [0.2, 0.25) is 5.79 Å². The van der Waals surface area contributed by atoms with Gasteiger partial charge in [-0.3, -0.25) is 4.52 Å². The second-order valence-corrected chi connectivity index (χ2v) is 8.81. The number of phosphoric acid groups is 3. The molecule has 16 heteroatoms. The first-order valence-corrected chi connectivity index (χ1v) is 10.0. The van der Waals surface area contributed by atoms with Crippen LogP contribution in [-0.2, 0) is 31.6 Å². The summed E-state index contributed by atoms with van der Waals surface area (Å²) in [5, 5.41) is 19.3. The SMILES string of the molecule is C[C@H]1CC(O)[C@](O)(COP(=O)(O)OP(=O)(O)OP(=O)(O)O)O1. The number of hydrogen-bond acceptors (Lipinski definition) is 9. The molecular weight excluding hydrogens is 373 g/mol. The number of hydrogen-bond donors (Lipinski definition) is 6. The van der Waals surface area contributed by atoms with Gasteiger partial charge in [0.25, 0.3) is 0 Å². The average Bonchev–Trinajstić information content (AvgIpc) is 2.45. The fraction of sp³-hybridized carbons (Fsp3) is 1.00. The first kappa shape index (κ1) is 20.3. The molecule has 22 heavy (non-hydrogen) atoms. The lowest BCUT2D eigenvalue weighted by atomic mass is 10.1. The van der Waals surface area contributed by atoms with Crippen LogP contribution in [0.1, 0.15) is 13.3 Å². The van der Waals surface area contributed by atoms with Crippen LogP contribution in [0.25, 0.3) is 0 Å². The molecule has 5 atom stereocenters. The largest absolute Gasteiger partial charge is 0.490 e. The van der Waals surface area contributed by atoms with Gasteiger partial charge in [-0.1, -0.05) is 0 Å². The summed E-state index contributed by atoms with van der Waals surface area (Å²) >= 11 is 0. The highest BCUT2D eigenvalue weighted by molar-refractivity contribution is 7.66. The molecule has 3 unspecified atom stereocenters. The van der Waals surface area contributed by atoms with Crippen molar-refractivity contribution in [2.24, 2.45) is 0 Å². The number of rotatable bonds is 7. The zero-order chi connectivity index (χ0) is 17.4. The van der Waals surface area contributed by atoms with Crippen molar-refractivity contribution in [2.75, 3.05) is 6.61 Å². The molecule has 132 valence electrons. The third kappa shape index (κ3) is 6.42. The van der Waals surface area contributed by atoms with Crippen LogP contribution < -0.4 is 0 Å². The summed E-state index contributed by atoms with van der Waals surface area (Å²) in [5.74, 6) is -2.36. The lowest BCUT2D eigenvalue weighted by Gasteiger charge is -2.26. The number of aliphatic hydroxyl groups is 2. The van der Waals surface area contributed by atoms with Gasteiger partial charge in [0.1, 0.15) is 12.7 Å². The molecule has 0 amide bonds. The molecule has 0 aromatic heterocycles. The van der Waals surface area contributed by atoms with Crippen molar-refractivity contribution in [2.45, 2.75) is 31.3 Å². The van der Waals surface area contributed by atoms with Gasteiger partial charge in [-0.25, -0.2) is 13.7 Å².